The van der Waals surface area contributed by atoms with E-state index in [2.05, 4.69) is 16.2 Å². The number of ether oxygens (including phenoxy) is 2. The molecule has 0 aliphatic heterocycles. The lowest BCUT2D eigenvalue weighted by molar-refractivity contribution is -0.123. The Bertz CT molecular complexity index is 880. The van der Waals surface area contributed by atoms with Gasteiger partial charge in [-0.15, -0.1) is 0 Å². The van der Waals surface area contributed by atoms with Crippen LogP contribution in [0.3, 0.4) is 0 Å². The molecule has 0 radical (unpaired) electrons. The highest BCUT2D eigenvalue weighted by Crippen LogP contribution is 2.27. The van der Waals surface area contributed by atoms with Gasteiger partial charge in [0.25, 0.3) is 5.91 Å². The van der Waals surface area contributed by atoms with Gasteiger partial charge in [-0.2, -0.15) is 0 Å². The van der Waals surface area contributed by atoms with E-state index >= 15 is 0 Å². The molecule has 8 heteroatoms. The maximum absolute atomic E-state index is 12.3. The van der Waals surface area contributed by atoms with Crippen LogP contribution in [0.1, 0.15) is 40.9 Å². The van der Waals surface area contributed by atoms with Crippen LogP contribution in [0.5, 0.6) is 11.5 Å². The number of amides is 3. The number of hydrazine groups is 1. The molecule has 154 valence electrons. The van der Waals surface area contributed by atoms with Crippen LogP contribution < -0.4 is 25.6 Å². The third-order valence-electron chi connectivity index (χ3n) is 4.21. The number of methoxy groups -OCH3 is 2. The van der Waals surface area contributed by atoms with E-state index in [4.69, 9.17) is 9.47 Å². The van der Waals surface area contributed by atoms with Gasteiger partial charge in [-0.1, -0.05) is 29.8 Å². The number of benzene rings is 2. The van der Waals surface area contributed by atoms with Crippen molar-refractivity contribution in [3.8, 4) is 11.5 Å². The fourth-order valence-corrected chi connectivity index (χ4v) is 2.71. The molecule has 0 saturated carbocycles. The quantitative estimate of drug-likeness (QED) is 0.618. The molecule has 1 unspecified atom stereocenters. The van der Waals surface area contributed by atoms with Crippen molar-refractivity contribution in [2.45, 2.75) is 26.3 Å². The molecule has 29 heavy (non-hydrogen) atoms. The van der Waals surface area contributed by atoms with Gasteiger partial charge < -0.3 is 14.8 Å². The van der Waals surface area contributed by atoms with Gasteiger partial charge in [-0.05, 0) is 30.7 Å². The summed E-state index contributed by atoms with van der Waals surface area (Å²) in [5, 5.41) is 2.75. The number of carbonyl (C=O) groups is 3. The largest absolute Gasteiger partial charge is 0.493 e. The zero-order chi connectivity index (χ0) is 21.4. The maximum atomic E-state index is 12.3. The number of hydrogen-bond donors (Lipinski definition) is 3. The summed E-state index contributed by atoms with van der Waals surface area (Å²) in [7, 11) is 2.96. The first kappa shape index (κ1) is 21.7. The van der Waals surface area contributed by atoms with Crippen LogP contribution in [0.2, 0.25) is 0 Å². The van der Waals surface area contributed by atoms with Crippen LogP contribution in [-0.2, 0) is 9.59 Å². The molecule has 0 fully saturated rings. The van der Waals surface area contributed by atoms with Gasteiger partial charge in [0.1, 0.15) is 0 Å². The Morgan fingerprint density at radius 3 is 2.17 bits per heavy atom. The molecule has 0 aliphatic rings. The maximum Gasteiger partial charge on any atom is 0.269 e. The Morgan fingerprint density at radius 1 is 0.931 bits per heavy atom. The SMILES string of the molecule is COc1ccc(C(=O)NNC(=O)CC(NC(C)=O)c2ccc(C)cc2)cc1OC. The van der Waals surface area contributed by atoms with Crippen LogP contribution in [0.25, 0.3) is 0 Å². The molecule has 2 rings (SSSR count). The predicted molar refractivity (Wildman–Crippen MR) is 108 cm³/mol. The second-order valence-electron chi connectivity index (χ2n) is 6.44. The fourth-order valence-electron chi connectivity index (χ4n) is 2.71. The zero-order valence-corrected chi connectivity index (χ0v) is 16.9. The number of hydrogen-bond acceptors (Lipinski definition) is 5. The number of carbonyl (C=O) groups excluding carboxylic acids is 3. The molecule has 2 aromatic rings. The highest BCUT2D eigenvalue weighted by Gasteiger charge is 2.18. The standard InChI is InChI=1S/C21H25N3O5/c1-13-5-7-15(8-6-13)17(22-14(2)25)12-20(26)23-24-21(27)16-9-10-18(28-3)19(11-16)29-4/h5-11,17H,12H2,1-4H3,(H,22,25)(H,23,26)(H,24,27). The fraction of sp³-hybridized carbons (Fsp3) is 0.286. The van der Waals surface area contributed by atoms with Crippen LogP contribution in [0, 0.1) is 6.92 Å². The van der Waals surface area contributed by atoms with E-state index in [1.807, 2.05) is 31.2 Å². The van der Waals surface area contributed by atoms with E-state index in [0.717, 1.165) is 11.1 Å². The molecule has 1 atom stereocenters. The van der Waals surface area contributed by atoms with Crippen molar-refractivity contribution in [1.82, 2.24) is 16.2 Å². The monoisotopic (exact) mass is 399 g/mol. The van der Waals surface area contributed by atoms with E-state index < -0.39 is 17.9 Å². The highest BCUT2D eigenvalue weighted by atomic mass is 16.5. The average Bonchev–Trinajstić information content (AvgIpc) is 2.71. The van der Waals surface area contributed by atoms with Gasteiger partial charge in [-0.3, -0.25) is 25.2 Å². The molecule has 3 amide bonds. The van der Waals surface area contributed by atoms with Crippen molar-refractivity contribution in [2.75, 3.05) is 14.2 Å². The predicted octanol–water partition coefficient (Wildman–Crippen LogP) is 2.04. The lowest BCUT2D eigenvalue weighted by Crippen LogP contribution is -2.43. The topological polar surface area (TPSA) is 106 Å². The van der Waals surface area contributed by atoms with Crippen molar-refractivity contribution in [3.63, 3.8) is 0 Å². The first-order chi connectivity index (χ1) is 13.8. The third kappa shape index (κ3) is 6.24. The number of rotatable bonds is 7. The summed E-state index contributed by atoms with van der Waals surface area (Å²) in [6.07, 6.45) is -0.0329. The molecule has 0 aromatic heterocycles. The van der Waals surface area contributed by atoms with E-state index in [-0.39, 0.29) is 12.3 Å². The summed E-state index contributed by atoms with van der Waals surface area (Å²) in [5.74, 6) is -0.317. The molecular formula is C21H25N3O5. The van der Waals surface area contributed by atoms with Gasteiger partial charge in [0.2, 0.25) is 11.8 Å². The van der Waals surface area contributed by atoms with Crippen LogP contribution in [-0.4, -0.2) is 31.9 Å². The lowest BCUT2D eigenvalue weighted by Gasteiger charge is -2.18. The minimum absolute atomic E-state index is 0.0329. The minimum Gasteiger partial charge on any atom is -0.493 e. The van der Waals surface area contributed by atoms with E-state index in [9.17, 15) is 14.4 Å². The van der Waals surface area contributed by atoms with Crippen molar-refractivity contribution < 1.29 is 23.9 Å². The normalized spacial score (nSPS) is 11.2. The summed E-state index contributed by atoms with van der Waals surface area (Å²) in [6.45, 7) is 3.34. The van der Waals surface area contributed by atoms with Gasteiger partial charge >= 0.3 is 0 Å². The Kier molecular flexibility index (Phi) is 7.59. The molecule has 8 nitrogen and oxygen atoms in total. The lowest BCUT2D eigenvalue weighted by atomic mass is 10.0. The van der Waals surface area contributed by atoms with Crippen LogP contribution in [0.15, 0.2) is 42.5 Å². The third-order valence-corrected chi connectivity index (χ3v) is 4.21. The molecule has 0 bridgehead atoms. The zero-order valence-electron chi connectivity index (χ0n) is 16.9. The van der Waals surface area contributed by atoms with Crippen molar-refractivity contribution in [2.24, 2.45) is 0 Å². The van der Waals surface area contributed by atoms with Crippen molar-refractivity contribution in [3.05, 3.63) is 59.2 Å². The van der Waals surface area contributed by atoms with Gasteiger partial charge in [0.05, 0.1) is 26.7 Å². The van der Waals surface area contributed by atoms with E-state index in [0.29, 0.717) is 17.1 Å². The highest BCUT2D eigenvalue weighted by molar-refractivity contribution is 5.96. The summed E-state index contributed by atoms with van der Waals surface area (Å²) >= 11 is 0. The summed E-state index contributed by atoms with van der Waals surface area (Å²) < 4.78 is 10.3. The molecule has 3 N–H and O–H groups in total. The summed E-state index contributed by atoms with van der Waals surface area (Å²) in [6, 6.07) is 11.7. The van der Waals surface area contributed by atoms with E-state index in [1.54, 1.807) is 12.1 Å². The van der Waals surface area contributed by atoms with Crippen molar-refractivity contribution in [1.29, 1.82) is 0 Å². The van der Waals surface area contributed by atoms with Gasteiger partial charge in [0, 0.05) is 12.5 Å². The number of aryl methyl sites for hydroxylation is 1. The molecule has 0 aliphatic carbocycles. The Balaban J connectivity index is 2.00. The molecule has 2 aromatic carbocycles. The first-order valence-corrected chi connectivity index (χ1v) is 8.99. The molecule has 0 spiro atoms. The van der Waals surface area contributed by atoms with Gasteiger partial charge in [-0.25, -0.2) is 0 Å². The van der Waals surface area contributed by atoms with Crippen LogP contribution >= 0.6 is 0 Å². The Hall–Kier alpha value is -3.55. The summed E-state index contributed by atoms with van der Waals surface area (Å²) in [5.41, 5.74) is 6.89. The second-order valence-corrected chi connectivity index (χ2v) is 6.44. The van der Waals surface area contributed by atoms with Crippen molar-refractivity contribution >= 4 is 17.7 Å². The van der Waals surface area contributed by atoms with E-state index in [1.165, 1.54) is 27.2 Å². The van der Waals surface area contributed by atoms with Crippen LogP contribution in [0.4, 0.5) is 0 Å². The summed E-state index contributed by atoms with van der Waals surface area (Å²) in [4.78, 5) is 36.1. The second kappa shape index (κ2) is 10.1. The van der Waals surface area contributed by atoms with Gasteiger partial charge in [0.15, 0.2) is 11.5 Å². The average molecular weight is 399 g/mol. The number of nitrogens with one attached hydrogen (secondary N) is 3. The Labute approximate surface area is 169 Å². The smallest absolute Gasteiger partial charge is 0.269 e. The molecular weight excluding hydrogens is 374 g/mol. The Morgan fingerprint density at radius 2 is 1.59 bits per heavy atom. The molecule has 0 heterocycles. The first-order valence-electron chi connectivity index (χ1n) is 8.99. The minimum atomic E-state index is -0.509. The molecule has 0 saturated heterocycles.